The summed E-state index contributed by atoms with van der Waals surface area (Å²) in [6, 6.07) is 60.3. The van der Waals surface area contributed by atoms with E-state index >= 15 is 0 Å². The van der Waals surface area contributed by atoms with E-state index in [1.54, 1.807) is 0 Å². The summed E-state index contributed by atoms with van der Waals surface area (Å²) in [5.41, 5.74) is 14.1. The molecule has 0 bridgehead atoms. The van der Waals surface area contributed by atoms with E-state index in [1.807, 2.05) is 6.07 Å². The average Bonchev–Trinajstić information content (AvgIpc) is 3.81. The molecule has 0 fully saturated rings. The summed E-state index contributed by atoms with van der Waals surface area (Å²) in [6.45, 7) is 0. The number of rotatable bonds is 4. The fraction of sp³-hybridized carbons (Fsp3) is 0.0182. The Morgan fingerprint density at radius 2 is 0.852 bits per heavy atom. The van der Waals surface area contributed by atoms with Gasteiger partial charge in [0.25, 0.3) is 0 Å². The zero-order valence-electron chi connectivity index (χ0n) is 32.9. The number of imidazole rings is 2. The van der Waals surface area contributed by atoms with Gasteiger partial charge in [-0.15, -0.1) is 0 Å². The molecule has 284 valence electrons. The molecule has 0 saturated carbocycles. The molecule has 0 N–H and O–H groups in total. The summed E-state index contributed by atoms with van der Waals surface area (Å²) in [5, 5.41) is 6.92. The fourth-order valence-electron chi connectivity index (χ4n) is 9.19. The first-order chi connectivity index (χ1) is 30.2. The summed E-state index contributed by atoms with van der Waals surface area (Å²) in [7, 11) is 0. The van der Waals surface area contributed by atoms with Crippen LogP contribution in [0.15, 0.2) is 182 Å². The van der Waals surface area contributed by atoms with E-state index in [0.29, 0.717) is 0 Å². The Morgan fingerprint density at radius 1 is 0.361 bits per heavy atom. The molecule has 13 rings (SSSR count). The number of para-hydroxylation sites is 2. The molecule has 0 aliphatic heterocycles. The van der Waals surface area contributed by atoms with Crippen molar-refractivity contribution in [3.8, 4) is 45.0 Å². The van der Waals surface area contributed by atoms with E-state index in [-0.39, 0.29) is 0 Å². The maximum Gasteiger partial charge on any atom is 0.149 e. The van der Waals surface area contributed by atoms with Gasteiger partial charge in [0, 0.05) is 21.9 Å². The van der Waals surface area contributed by atoms with Gasteiger partial charge in [-0.25, -0.2) is 19.9 Å². The Kier molecular flexibility index (Phi) is 7.27. The molecular weight excluding hydrogens is 745 g/mol. The second-order valence-corrected chi connectivity index (χ2v) is 15.9. The summed E-state index contributed by atoms with van der Waals surface area (Å²) in [4.78, 5) is 21.2. The fourth-order valence-corrected chi connectivity index (χ4v) is 9.19. The minimum Gasteiger partial charge on any atom is -0.276 e. The lowest BCUT2D eigenvalue weighted by molar-refractivity contribution is 1.11. The Labute approximate surface area is 350 Å². The van der Waals surface area contributed by atoms with Crippen molar-refractivity contribution in [2.75, 3.05) is 0 Å². The average molecular weight is 779 g/mol. The molecule has 6 heteroatoms. The zero-order valence-corrected chi connectivity index (χ0v) is 32.9. The van der Waals surface area contributed by atoms with Crippen molar-refractivity contribution < 1.29 is 0 Å². The third-order valence-electron chi connectivity index (χ3n) is 12.2. The Hall–Kier alpha value is -8.22. The van der Waals surface area contributed by atoms with Crippen LogP contribution in [-0.2, 0) is 0 Å². The number of fused-ring (bicyclic) bond motifs is 12. The third kappa shape index (κ3) is 5.36. The molecule has 4 heterocycles. The van der Waals surface area contributed by atoms with Crippen LogP contribution in [0.4, 0.5) is 0 Å². The first-order valence-corrected chi connectivity index (χ1v) is 20.7. The van der Waals surface area contributed by atoms with Crippen LogP contribution in [-0.4, -0.2) is 28.7 Å². The first-order valence-electron chi connectivity index (χ1n) is 20.7. The quantitative estimate of drug-likeness (QED) is 0.178. The summed E-state index contributed by atoms with van der Waals surface area (Å²) in [5.74, 6) is 1.68. The van der Waals surface area contributed by atoms with Crippen LogP contribution in [0, 0.1) is 0 Å². The molecular formula is C55H34N6. The van der Waals surface area contributed by atoms with Crippen molar-refractivity contribution >= 4 is 77.8 Å². The zero-order chi connectivity index (χ0) is 40.0. The Morgan fingerprint density at radius 3 is 1.49 bits per heavy atom. The molecule has 6 nitrogen and oxygen atoms in total. The van der Waals surface area contributed by atoms with Crippen LogP contribution >= 0.6 is 0 Å². The molecule has 1 aliphatic carbocycles. The number of allylic oxidation sites excluding steroid dienone is 2. The number of nitrogens with zero attached hydrogens (tertiary/aromatic N) is 6. The largest absolute Gasteiger partial charge is 0.276 e. The van der Waals surface area contributed by atoms with Crippen LogP contribution in [0.2, 0.25) is 0 Å². The van der Waals surface area contributed by atoms with Crippen LogP contribution < -0.4 is 0 Å². The highest BCUT2D eigenvalue weighted by atomic mass is 15.1. The van der Waals surface area contributed by atoms with Gasteiger partial charge in [-0.3, -0.25) is 8.80 Å². The predicted molar refractivity (Wildman–Crippen MR) is 251 cm³/mol. The number of aromatic nitrogens is 6. The van der Waals surface area contributed by atoms with Gasteiger partial charge < -0.3 is 0 Å². The van der Waals surface area contributed by atoms with E-state index < -0.39 is 0 Å². The molecule has 8 aromatic carbocycles. The predicted octanol–water partition coefficient (Wildman–Crippen LogP) is 13.6. The molecule has 61 heavy (non-hydrogen) atoms. The van der Waals surface area contributed by atoms with Gasteiger partial charge in [0.1, 0.15) is 22.9 Å². The molecule has 0 atom stereocenters. The summed E-state index contributed by atoms with van der Waals surface area (Å²) in [6.07, 6.45) is 9.53. The normalized spacial score (nSPS) is 12.7. The lowest BCUT2D eigenvalue weighted by Crippen LogP contribution is -2.01. The first kappa shape index (κ1) is 33.7. The Bertz CT molecular complexity index is 3850. The monoisotopic (exact) mass is 778 g/mol. The van der Waals surface area contributed by atoms with Crippen LogP contribution in [0.25, 0.3) is 123 Å². The van der Waals surface area contributed by atoms with E-state index in [2.05, 4.69) is 197 Å². The number of hydrogen-bond donors (Lipinski definition) is 0. The molecule has 12 aromatic rings. The molecule has 4 aromatic heterocycles. The number of hydrogen-bond acceptors (Lipinski definition) is 4. The smallest absolute Gasteiger partial charge is 0.149 e. The van der Waals surface area contributed by atoms with Crippen LogP contribution in [0.3, 0.4) is 0 Å². The van der Waals surface area contributed by atoms with Gasteiger partial charge in [-0.2, -0.15) is 0 Å². The van der Waals surface area contributed by atoms with Crippen molar-refractivity contribution in [2.24, 2.45) is 0 Å². The lowest BCUT2D eigenvalue weighted by Gasteiger charge is -2.13. The second-order valence-electron chi connectivity index (χ2n) is 15.9. The highest BCUT2D eigenvalue weighted by molar-refractivity contribution is 6.02. The summed E-state index contributed by atoms with van der Waals surface area (Å²) >= 11 is 0. The minimum absolute atomic E-state index is 0.837. The SMILES string of the molecule is C1=Cc2nc3c4cc(-c5ccc6ccccc6c5)ccc4nc(-c4ccc(-c5nc6ccc(-c7ccc8ccccc8c7)cc6c6nc7ccccc7n56)cc4)n3c2C=CC1. The standard InChI is InChI=1S/C55H34N6/c1-2-14-48-50(16-3-1)60-52(56-46-28-26-42(32-44(46)54(60)58-48)40-24-18-34-10-4-6-12-38(34)30-40)36-20-22-37(23-21-36)53-57-47-29-27-43(41-25-19-35-11-5-7-13-39(35)31-41)33-45(47)55-59-49-15-8-9-17-51(49)61(53)55/h2-33H,1H2. The van der Waals surface area contributed by atoms with Crippen molar-refractivity contribution in [3.05, 3.63) is 193 Å². The van der Waals surface area contributed by atoms with E-state index in [1.165, 1.54) is 27.1 Å². The Balaban J connectivity index is 0.960. The van der Waals surface area contributed by atoms with Gasteiger partial charge in [0.2, 0.25) is 0 Å². The molecule has 0 unspecified atom stereocenters. The third-order valence-corrected chi connectivity index (χ3v) is 12.2. The van der Waals surface area contributed by atoms with E-state index in [4.69, 9.17) is 19.9 Å². The number of benzene rings is 8. The summed E-state index contributed by atoms with van der Waals surface area (Å²) < 4.78 is 4.44. The van der Waals surface area contributed by atoms with Gasteiger partial charge in [0.05, 0.1) is 33.5 Å². The van der Waals surface area contributed by atoms with E-state index in [0.717, 1.165) is 101 Å². The lowest BCUT2D eigenvalue weighted by atomic mass is 10.00. The highest BCUT2D eigenvalue weighted by Gasteiger charge is 2.21. The van der Waals surface area contributed by atoms with Gasteiger partial charge in [-0.1, -0.05) is 133 Å². The van der Waals surface area contributed by atoms with Gasteiger partial charge in [-0.05, 0) is 111 Å². The van der Waals surface area contributed by atoms with Crippen molar-refractivity contribution in [1.29, 1.82) is 0 Å². The molecule has 0 radical (unpaired) electrons. The van der Waals surface area contributed by atoms with Gasteiger partial charge >= 0.3 is 0 Å². The highest BCUT2D eigenvalue weighted by Crippen LogP contribution is 2.37. The van der Waals surface area contributed by atoms with Crippen LogP contribution in [0.5, 0.6) is 0 Å². The topological polar surface area (TPSA) is 60.4 Å². The van der Waals surface area contributed by atoms with Crippen molar-refractivity contribution in [3.63, 3.8) is 0 Å². The molecule has 0 amide bonds. The van der Waals surface area contributed by atoms with Gasteiger partial charge in [0.15, 0.2) is 0 Å². The maximum absolute atomic E-state index is 5.38. The molecule has 0 saturated heterocycles. The van der Waals surface area contributed by atoms with Crippen molar-refractivity contribution in [2.45, 2.75) is 6.42 Å². The van der Waals surface area contributed by atoms with Crippen LogP contribution in [0.1, 0.15) is 17.8 Å². The van der Waals surface area contributed by atoms with Crippen molar-refractivity contribution in [1.82, 2.24) is 28.7 Å². The van der Waals surface area contributed by atoms with E-state index in [9.17, 15) is 0 Å². The minimum atomic E-state index is 0.837. The molecule has 0 spiro atoms. The molecule has 1 aliphatic rings. The maximum atomic E-state index is 5.38. The second kappa shape index (κ2) is 13.1.